The summed E-state index contributed by atoms with van der Waals surface area (Å²) in [5.41, 5.74) is 0.265. The molecule has 80 valence electrons. The third kappa shape index (κ3) is 8.26. The lowest BCUT2D eigenvalue weighted by molar-refractivity contribution is 0.0608. The highest BCUT2D eigenvalue weighted by atomic mass is 16.5. The number of hydrogen-bond acceptors (Lipinski definition) is 2. The molecule has 0 rings (SSSR count). The molecule has 0 heterocycles. The largest absolute Gasteiger partial charge is 0.381 e. The van der Waals surface area contributed by atoms with Crippen molar-refractivity contribution in [1.29, 1.82) is 0 Å². The molecule has 0 aliphatic carbocycles. The average Bonchev–Trinajstić information content (AvgIpc) is 2.04. The van der Waals surface area contributed by atoms with Gasteiger partial charge in [-0.25, -0.2) is 0 Å². The summed E-state index contributed by atoms with van der Waals surface area (Å²) in [6.07, 6.45) is 3.75. The van der Waals surface area contributed by atoms with E-state index < -0.39 is 0 Å². The first-order chi connectivity index (χ1) is 6.12. The van der Waals surface area contributed by atoms with Crippen LogP contribution in [-0.2, 0) is 4.74 Å². The number of unbranched alkanes of at least 4 members (excludes halogenated alkanes) is 2. The van der Waals surface area contributed by atoms with Gasteiger partial charge in [-0.2, -0.15) is 0 Å². The van der Waals surface area contributed by atoms with Gasteiger partial charge in [0.15, 0.2) is 0 Å². The lowest BCUT2D eigenvalue weighted by Crippen LogP contribution is -2.31. The van der Waals surface area contributed by atoms with Gasteiger partial charge in [0.2, 0.25) is 0 Å². The minimum atomic E-state index is 0.265. The van der Waals surface area contributed by atoms with Gasteiger partial charge in [-0.1, -0.05) is 33.6 Å². The van der Waals surface area contributed by atoms with Crippen molar-refractivity contribution in [1.82, 2.24) is 5.32 Å². The van der Waals surface area contributed by atoms with Crippen LogP contribution in [0.25, 0.3) is 0 Å². The molecule has 2 heteroatoms. The third-order valence-electron chi connectivity index (χ3n) is 2.04. The predicted octanol–water partition coefficient (Wildman–Crippen LogP) is 2.44. The molecule has 0 radical (unpaired) electrons. The van der Waals surface area contributed by atoms with Crippen LogP contribution in [0, 0.1) is 5.41 Å². The number of nitrogens with one attached hydrogen (secondary N) is 1. The lowest BCUT2D eigenvalue weighted by atomic mass is 9.95. The summed E-state index contributed by atoms with van der Waals surface area (Å²) in [7, 11) is 1.98. The Morgan fingerprint density at radius 3 is 2.46 bits per heavy atom. The SMILES string of the molecule is CCCCCOCC(C)(C)CNC. The Hall–Kier alpha value is -0.0800. The Labute approximate surface area is 83.1 Å². The average molecular weight is 187 g/mol. The zero-order chi connectivity index (χ0) is 10.2. The van der Waals surface area contributed by atoms with Gasteiger partial charge in [0, 0.05) is 18.6 Å². The molecule has 0 aromatic rings. The van der Waals surface area contributed by atoms with Crippen LogP contribution in [0.3, 0.4) is 0 Å². The Morgan fingerprint density at radius 1 is 1.23 bits per heavy atom. The van der Waals surface area contributed by atoms with E-state index in [1.54, 1.807) is 0 Å². The van der Waals surface area contributed by atoms with Gasteiger partial charge in [-0.15, -0.1) is 0 Å². The number of rotatable bonds is 8. The van der Waals surface area contributed by atoms with E-state index in [1.165, 1.54) is 19.3 Å². The molecular formula is C11H25NO. The van der Waals surface area contributed by atoms with Crippen LogP contribution >= 0.6 is 0 Å². The Balaban J connectivity index is 3.29. The second-order valence-electron chi connectivity index (χ2n) is 4.45. The van der Waals surface area contributed by atoms with Crippen LogP contribution in [-0.4, -0.2) is 26.8 Å². The fraction of sp³-hybridized carbons (Fsp3) is 1.00. The van der Waals surface area contributed by atoms with Crippen molar-refractivity contribution in [2.75, 3.05) is 26.8 Å². The van der Waals surface area contributed by atoms with E-state index in [0.717, 1.165) is 19.8 Å². The molecule has 0 spiro atoms. The smallest absolute Gasteiger partial charge is 0.0529 e. The second kappa shape index (κ2) is 7.34. The normalized spacial score (nSPS) is 12.0. The molecule has 0 fully saturated rings. The van der Waals surface area contributed by atoms with Gasteiger partial charge >= 0.3 is 0 Å². The standard InChI is InChI=1S/C11H25NO/c1-5-6-7-8-13-10-11(2,3)9-12-4/h12H,5-10H2,1-4H3. The number of hydrogen-bond donors (Lipinski definition) is 1. The van der Waals surface area contributed by atoms with E-state index >= 15 is 0 Å². The summed E-state index contributed by atoms with van der Waals surface area (Å²) in [6, 6.07) is 0. The van der Waals surface area contributed by atoms with Crippen LogP contribution < -0.4 is 5.32 Å². The summed E-state index contributed by atoms with van der Waals surface area (Å²) >= 11 is 0. The van der Waals surface area contributed by atoms with Gasteiger partial charge in [0.05, 0.1) is 6.61 Å². The molecule has 0 aromatic carbocycles. The summed E-state index contributed by atoms with van der Waals surface area (Å²) in [6.45, 7) is 9.46. The van der Waals surface area contributed by atoms with Crippen molar-refractivity contribution in [2.45, 2.75) is 40.0 Å². The fourth-order valence-corrected chi connectivity index (χ4v) is 1.33. The molecule has 0 atom stereocenters. The molecule has 2 nitrogen and oxygen atoms in total. The maximum Gasteiger partial charge on any atom is 0.0529 e. The van der Waals surface area contributed by atoms with Crippen LogP contribution in [0.5, 0.6) is 0 Å². The van der Waals surface area contributed by atoms with Gasteiger partial charge in [-0.3, -0.25) is 0 Å². The molecular weight excluding hydrogens is 162 g/mol. The quantitative estimate of drug-likeness (QED) is 0.589. The van der Waals surface area contributed by atoms with Crippen LogP contribution in [0.4, 0.5) is 0 Å². The minimum absolute atomic E-state index is 0.265. The molecule has 0 aromatic heterocycles. The highest BCUT2D eigenvalue weighted by Gasteiger charge is 2.16. The Kier molecular flexibility index (Phi) is 7.29. The minimum Gasteiger partial charge on any atom is -0.381 e. The van der Waals surface area contributed by atoms with E-state index in [9.17, 15) is 0 Å². The van der Waals surface area contributed by atoms with Crippen LogP contribution in [0.2, 0.25) is 0 Å². The van der Waals surface area contributed by atoms with Gasteiger partial charge in [-0.05, 0) is 13.5 Å². The summed E-state index contributed by atoms with van der Waals surface area (Å²) in [4.78, 5) is 0. The molecule has 1 N–H and O–H groups in total. The molecule has 0 aliphatic rings. The van der Waals surface area contributed by atoms with Gasteiger partial charge in [0.25, 0.3) is 0 Å². The maximum absolute atomic E-state index is 5.61. The molecule has 0 unspecified atom stereocenters. The van der Waals surface area contributed by atoms with E-state index in [0.29, 0.717) is 0 Å². The first kappa shape index (κ1) is 12.9. The zero-order valence-corrected chi connectivity index (χ0v) is 9.65. The zero-order valence-electron chi connectivity index (χ0n) is 9.65. The predicted molar refractivity (Wildman–Crippen MR) is 58.1 cm³/mol. The highest BCUT2D eigenvalue weighted by Crippen LogP contribution is 2.13. The van der Waals surface area contributed by atoms with Crippen molar-refractivity contribution in [3.63, 3.8) is 0 Å². The van der Waals surface area contributed by atoms with Crippen molar-refractivity contribution >= 4 is 0 Å². The first-order valence-electron chi connectivity index (χ1n) is 5.35. The summed E-state index contributed by atoms with van der Waals surface area (Å²) in [5, 5.41) is 3.18. The molecule has 13 heavy (non-hydrogen) atoms. The molecule has 0 saturated carbocycles. The maximum atomic E-state index is 5.61. The van der Waals surface area contributed by atoms with Gasteiger partial charge < -0.3 is 10.1 Å². The third-order valence-corrected chi connectivity index (χ3v) is 2.04. The summed E-state index contributed by atoms with van der Waals surface area (Å²) in [5.74, 6) is 0. The van der Waals surface area contributed by atoms with Crippen LogP contribution in [0.15, 0.2) is 0 Å². The van der Waals surface area contributed by atoms with E-state index in [2.05, 4.69) is 26.1 Å². The van der Waals surface area contributed by atoms with Crippen molar-refractivity contribution in [3.8, 4) is 0 Å². The molecule has 0 bridgehead atoms. The van der Waals surface area contributed by atoms with Crippen molar-refractivity contribution in [2.24, 2.45) is 5.41 Å². The van der Waals surface area contributed by atoms with E-state index in [-0.39, 0.29) is 5.41 Å². The molecule has 0 saturated heterocycles. The first-order valence-corrected chi connectivity index (χ1v) is 5.35. The Bertz CT molecular complexity index is 113. The molecule has 0 amide bonds. The summed E-state index contributed by atoms with van der Waals surface area (Å²) < 4.78 is 5.61. The van der Waals surface area contributed by atoms with Gasteiger partial charge in [0.1, 0.15) is 0 Å². The fourth-order valence-electron chi connectivity index (χ4n) is 1.33. The number of ether oxygens (including phenoxy) is 1. The second-order valence-corrected chi connectivity index (χ2v) is 4.45. The monoisotopic (exact) mass is 187 g/mol. The van der Waals surface area contributed by atoms with Crippen molar-refractivity contribution in [3.05, 3.63) is 0 Å². The highest BCUT2D eigenvalue weighted by molar-refractivity contribution is 4.69. The van der Waals surface area contributed by atoms with E-state index in [1.807, 2.05) is 7.05 Å². The lowest BCUT2D eigenvalue weighted by Gasteiger charge is -2.23. The topological polar surface area (TPSA) is 21.3 Å². The molecule has 0 aliphatic heterocycles. The van der Waals surface area contributed by atoms with Crippen molar-refractivity contribution < 1.29 is 4.74 Å². The van der Waals surface area contributed by atoms with Crippen LogP contribution in [0.1, 0.15) is 40.0 Å². The van der Waals surface area contributed by atoms with E-state index in [4.69, 9.17) is 4.74 Å². The Morgan fingerprint density at radius 2 is 1.92 bits per heavy atom.